The average Bonchev–Trinajstić information content (AvgIpc) is 2.39. The van der Waals surface area contributed by atoms with Gasteiger partial charge in [0.05, 0.1) is 13.2 Å². The summed E-state index contributed by atoms with van der Waals surface area (Å²) in [5.41, 5.74) is 5.96. The number of hydrogen-bond donors (Lipinski definition) is 1. The molecule has 0 saturated carbocycles. The van der Waals surface area contributed by atoms with E-state index in [1.807, 2.05) is 31.2 Å². The minimum absolute atomic E-state index is 0.245. The minimum atomic E-state index is 0.245. The molecule has 0 aliphatic rings. The van der Waals surface area contributed by atoms with Crippen molar-refractivity contribution in [2.24, 2.45) is 11.1 Å². The molecule has 0 bridgehead atoms. The van der Waals surface area contributed by atoms with Gasteiger partial charge in [-0.2, -0.15) is 0 Å². The van der Waals surface area contributed by atoms with Gasteiger partial charge in [-0.1, -0.05) is 19.9 Å². The highest BCUT2D eigenvalue weighted by Crippen LogP contribution is 2.22. The lowest BCUT2D eigenvalue weighted by molar-refractivity contribution is 0.276. The van der Waals surface area contributed by atoms with Crippen LogP contribution in [-0.4, -0.2) is 19.8 Å². The molecule has 1 aromatic carbocycles. The van der Waals surface area contributed by atoms with Crippen LogP contribution in [0.1, 0.15) is 40.0 Å². The standard InChI is InChI=1S/C16H27NO2/c1-4-18-14-8-7-9-15(12-14)19-11-6-5-10-16(2,3)13-17/h7-9,12H,4-6,10-11,13,17H2,1-3H3. The highest BCUT2D eigenvalue weighted by Gasteiger charge is 2.14. The predicted molar refractivity (Wildman–Crippen MR) is 79.8 cm³/mol. The molecule has 0 spiro atoms. The van der Waals surface area contributed by atoms with E-state index in [0.29, 0.717) is 6.61 Å². The Morgan fingerprint density at radius 1 is 1.11 bits per heavy atom. The topological polar surface area (TPSA) is 44.5 Å². The number of rotatable bonds is 9. The first kappa shape index (κ1) is 15.8. The molecule has 0 aliphatic carbocycles. The van der Waals surface area contributed by atoms with Crippen molar-refractivity contribution in [3.63, 3.8) is 0 Å². The van der Waals surface area contributed by atoms with Crippen LogP contribution in [0, 0.1) is 5.41 Å². The fraction of sp³-hybridized carbons (Fsp3) is 0.625. The second-order valence-corrected chi connectivity index (χ2v) is 5.58. The van der Waals surface area contributed by atoms with Gasteiger partial charge in [-0.3, -0.25) is 0 Å². The summed E-state index contributed by atoms with van der Waals surface area (Å²) >= 11 is 0. The molecule has 0 atom stereocenters. The lowest BCUT2D eigenvalue weighted by Gasteiger charge is -2.21. The quantitative estimate of drug-likeness (QED) is 0.694. The first-order valence-corrected chi connectivity index (χ1v) is 7.13. The van der Waals surface area contributed by atoms with Crippen molar-refractivity contribution in [1.82, 2.24) is 0 Å². The third-order valence-corrected chi connectivity index (χ3v) is 3.19. The molecule has 108 valence electrons. The highest BCUT2D eigenvalue weighted by atomic mass is 16.5. The number of unbranched alkanes of at least 4 members (excludes halogenated alkanes) is 1. The van der Waals surface area contributed by atoms with Crippen molar-refractivity contribution in [3.05, 3.63) is 24.3 Å². The van der Waals surface area contributed by atoms with E-state index < -0.39 is 0 Å². The van der Waals surface area contributed by atoms with Crippen molar-refractivity contribution in [1.29, 1.82) is 0 Å². The van der Waals surface area contributed by atoms with Gasteiger partial charge in [0.25, 0.3) is 0 Å². The molecule has 1 aromatic rings. The first-order chi connectivity index (χ1) is 9.07. The maximum absolute atomic E-state index is 5.73. The summed E-state index contributed by atoms with van der Waals surface area (Å²) in [6.45, 7) is 8.56. The van der Waals surface area contributed by atoms with E-state index in [2.05, 4.69) is 13.8 Å². The van der Waals surface area contributed by atoms with E-state index in [0.717, 1.165) is 43.9 Å². The van der Waals surface area contributed by atoms with Gasteiger partial charge in [0.2, 0.25) is 0 Å². The van der Waals surface area contributed by atoms with E-state index in [1.165, 1.54) is 0 Å². The third kappa shape index (κ3) is 6.48. The summed E-state index contributed by atoms with van der Waals surface area (Å²) in [5, 5.41) is 0. The zero-order valence-electron chi connectivity index (χ0n) is 12.4. The van der Waals surface area contributed by atoms with Crippen LogP contribution in [0.5, 0.6) is 11.5 Å². The summed E-state index contributed by atoms with van der Waals surface area (Å²) in [6, 6.07) is 7.80. The highest BCUT2D eigenvalue weighted by molar-refractivity contribution is 5.32. The molecule has 0 unspecified atom stereocenters. The molecule has 2 N–H and O–H groups in total. The van der Waals surface area contributed by atoms with E-state index in [-0.39, 0.29) is 5.41 Å². The Kier molecular flexibility index (Phi) is 6.71. The molecule has 19 heavy (non-hydrogen) atoms. The van der Waals surface area contributed by atoms with Gasteiger partial charge in [-0.25, -0.2) is 0 Å². The van der Waals surface area contributed by atoms with Crippen LogP contribution in [0.25, 0.3) is 0 Å². The van der Waals surface area contributed by atoms with E-state index >= 15 is 0 Å². The maximum atomic E-state index is 5.73. The van der Waals surface area contributed by atoms with Crippen molar-refractivity contribution in [3.8, 4) is 11.5 Å². The van der Waals surface area contributed by atoms with E-state index in [9.17, 15) is 0 Å². The molecule has 0 amide bonds. The van der Waals surface area contributed by atoms with Gasteiger partial charge in [0.15, 0.2) is 0 Å². The summed E-state index contributed by atoms with van der Waals surface area (Å²) in [7, 11) is 0. The molecule has 0 saturated heterocycles. The van der Waals surface area contributed by atoms with Crippen LogP contribution in [0.2, 0.25) is 0 Å². The molecule has 1 rings (SSSR count). The molecule has 3 nitrogen and oxygen atoms in total. The average molecular weight is 265 g/mol. The Morgan fingerprint density at radius 2 is 1.79 bits per heavy atom. The Morgan fingerprint density at radius 3 is 2.42 bits per heavy atom. The predicted octanol–water partition coefficient (Wildman–Crippen LogP) is 3.62. The zero-order chi connectivity index (χ0) is 14.1. The van der Waals surface area contributed by atoms with Gasteiger partial charge < -0.3 is 15.2 Å². The smallest absolute Gasteiger partial charge is 0.122 e. The van der Waals surface area contributed by atoms with Gasteiger partial charge >= 0.3 is 0 Å². The van der Waals surface area contributed by atoms with E-state index in [4.69, 9.17) is 15.2 Å². The van der Waals surface area contributed by atoms with Crippen molar-refractivity contribution in [2.75, 3.05) is 19.8 Å². The second-order valence-electron chi connectivity index (χ2n) is 5.58. The molecule has 3 heteroatoms. The molecular formula is C16H27NO2. The number of ether oxygens (including phenoxy) is 2. The zero-order valence-corrected chi connectivity index (χ0v) is 12.4. The normalized spacial score (nSPS) is 11.4. The Bertz CT molecular complexity index is 364. The lowest BCUT2D eigenvalue weighted by atomic mass is 9.87. The Balaban J connectivity index is 2.24. The SMILES string of the molecule is CCOc1cccc(OCCCCC(C)(C)CN)c1. The van der Waals surface area contributed by atoms with Crippen molar-refractivity contribution < 1.29 is 9.47 Å². The Labute approximate surface area is 117 Å². The van der Waals surface area contributed by atoms with Gasteiger partial charge in [-0.15, -0.1) is 0 Å². The molecule has 0 aromatic heterocycles. The van der Waals surface area contributed by atoms with Crippen LogP contribution in [-0.2, 0) is 0 Å². The summed E-state index contributed by atoms with van der Waals surface area (Å²) in [5.74, 6) is 1.74. The van der Waals surface area contributed by atoms with Gasteiger partial charge in [0.1, 0.15) is 11.5 Å². The van der Waals surface area contributed by atoms with Crippen molar-refractivity contribution >= 4 is 0 Å². The second kappa shape index (κ2) is 8.05. The van der Waals surface area contributed by atoms with Crippen LogP contribution in [0.4, 0.5) is 0 Å². The largest absolute Gasteiger partial charge is 0.494 e. The number of hydrogen-bond acceptors (Lipinski definition) is 3. The third-order valence-electron chi connectivity index (χ3n) is 3.19. The molecule has 0 heterocycles. The van der Waals surface area contributed by atoms with E-state index in [1.54, 1.807) is 0 Å². The minimum Gasteiger partial charge on any atom is -0.494 e. The monoisotopic (exact) mass is 265 g/mol. The van der Waals surface area contributed by atoms with Crippen LogP contribution < -0.4 is 15.2 Å². The summed E-state index contributed by atoms with van der Waals surface area (Å²) < 4.78 is 11.2. The van der Waals surface area contributed by atoms with Gasteiger partial charge in [-0.05, 0) is 50.3 Å². The summed E-state index contributed by atoms with van der Waals surface area (Å²) in [4.78, 5) is 0. The lowest BCUT2D eigenvalue weighted by Crippen LogP contribution is -2.23. The fourth-order valence-corrected chi connectivity index (χ4v) is 1.82. The summed E-state index contributed by atoms with van der Waals surface area (Å²) in [6.07, 6.45) is 3.35. The molecule has 0 radical (unpaired) electrons. The molecule has 0 fully saturated rings. The fourth-order valence-electron chi connectivity index (χ4n) is 1.82. The Hall–Kier alpha value is -1.22. The number of nitrogens with two attached hydrogens (primary N) is 1. The first-order valence-electron chi connectivity index (χ1n) is 7.13. The van der Waals surface area contributed by atoms with Crippen LogP contribution >= 0.6 is 0 Å². The maximum Gasteiger partial charge on any atom is 0.122 e. The van der Waals surface area contributed by atoms with Crippen LogP contribution in [0.15, 0.2) is 24.3 Å². The number of benzene rings is 1. The van der Waals surface area contributed by atoms with Gasteiger partial charge in [0, 0.05) is 6.07 Å². The molecule has 0 aliphatic heterocycles. The molecular weight excluding hydrogens is 238 g/mol. The van der Waals surface area contributed by atoms with Crippen LogP contribution in [0.3, 0.4) is 0 Å². The van der Waals surface area contributed by atoms with Crippen molar-refractivity contribution in [2.45, 2.75) is 40.0 Å².